The van der Waals surface area contributed by atoms with Gasteiger partial charge in [0.15, 0.2) is 0 Å². The maximum absolute atomic E-state index is 12.2. The highest BCUT2D eigenvalue weighted by atomic mass is 32.2. The predicted molar refractivity (Wildman–Crippen MR) is 65.8 cm³/mol. The monoisotopic (exact) mass is 263 g/mol. The number of benzene rings is 1. The largest absolute Gasteiger partial charge is 0.244 e. The molecule has 0 bridgehead atoms. The van der Waals surface area contributed by atoms with E-state index in [0.29, 0.717) is 18.5 Å². The van der Waals surface area contributed by atoms with Gasteiger partial charge >= 0.3 is 0 Å². The molecule has 0 radical (unpaired) electrons. The molecule has 0 heterocycles. The van der Waals surface area contributed by atoms with Gasteiger partial charge in [-0.25, -0.2) is 8.42 Å². The first-order valence-electron chi connectivity index (χ1n) is 5.43. The molecular formula is C12H13N3O2S. The lowest BCUT2D eigenvalue weighted by molar-refractivity contribution is 0.444. The Kier molecular flexibility index (Phi) is 4.85. The molecule has 1 aromatic rings. The smallest absolute Gasteiger partial charge is 0.207 e. The Morgan fingerprint density at radius 3 is 2.28 bits per heavy atom. The molecule has 0 aliphatic heterocycles. The molecule has 0 saturated carbocycles. The molecule has 1 rings (SSSR count). The number of sulfonamides is 1. The predicted octanol–water partition coefficient (Wildman–Crippen LogP) is 1.48. The maximum Gasteiger partial charge on any atom is 0.244 e. The minimum absolute atomic E-state index is 0.102. The van der Waals surface area contributed by atoms with Gasteiger partial charge < -0.3 is 0 Å². The van der Waals surface area contributed by atoms with Crippen molar-refractivity contribution in [1.29, 1.82) is 10.5 Å². The third kappa shape index (κ3) is 3.07. The fourth-order valence-electron chi connectivity index (χ4n) is 1.46. The summed E-state index contributed by atoms with van der Waals surface area (Å²) in [4.78, 5) is 0.102. The van der Waals surface area contributed by atoms with Gasteiger partial charge in [0.05, 0.1) is 22.6 Å². The van der Waals surface area contributed by atoms with Crippen molar-refractivity contribution in [2.45, 2.75) is 18.2 Å². The van der Waals surface area contributed by atoms with Crippen LogP contribution in [0.15, 0.2) is 29.2 Å². The molecule has 5 nitrogen and oxygen atoms in total. The van der Waals surface area contributed by atoms with Crippen LogP contribution in [0.4, 0.5) is 0 Å². The normalized spacial score (nSPS) is 10.9. The van der Waals surface area contributed by atoms with Gasteiger partial charge in [0.1, 0.15) is 6.54 Å². The first kappa shape index (κ1) is 14.2. The standard InChI is InChI=1S/C12H13N3O2S/c1-2-8-15(9-7-13)18(16,17)12-5-3-11(10-14)4-6-12/h3-6H,2,8-9H2,1H3. The molecule has 0 unspecified atom stereocenters. The van der Waals surface area contributed by atoms with Crippen molar-refractivity contribution in [2.24, 2.45) is 0 Å². The molecule has 0 saturated heterocycles. The summed E-state index contributed by atoms with van der Waals surface area (Å²) in [6.45, 7) is 1.98. The molecule has 0 N–H and O–H groups in total. The number of hydrogen-bond acceptors (Lipinski definition) is 4. The first-order chi connectivity index (χ1) is 8.56. The zero-order valence-corrected chi connectivity index (χ0v) is 10.8. The Morgan fingerprint density at radius 2 is 1.83 bits per heavy atom. The minimum Gasteiger partial charge on any atom is -0.207 e. The lowest BCUT2D eigenvalue weighted by atomic mass is 10.2. The van der Waals surface area contributed by atoms with Gasteiger partial charge in [-0.3, -0.25) is 0 Å². The second-order valence-electron chi connectivity index (χ2n) is 3.63. The van der Waals surface area contributed by atoms with Gasteiger partial charge in [0.2, 0.25) is 10.0 Å². The van der Waals surface area contributed by atoms with Crippen LogP contribution in [0, 0.1) is 22.7 Å². The van der Waals surface area contributed by atoms with Gasteiger partial charge in [-0.1, -0.05) is 6.92 Å². The Hall–Kier alpha value is -1.89. The van der Waals surface area contributed by atoms with E-state index in [1.54, 1.807) is 0 Å². The highest BCUT2D eigenvalue weighted by molar-refractivity contribution is 7.89. The molecule has 6 heteroatoms. The van der Waals surface area contributed by atoms with Crippen molar-refractivity contribution >= 4 is 10.0 Å². The number of nitriles is 2. The Bertz CT molecular complexity index is 579. The maximum atomic E-state index is 12.2. The van der Waals surface area contributed by atoms with Crippen molar-refractivity contribution in [3.8, 4) is 12.1 Å². The summed E-state index contributed by atoms with van der Waals surface area (Å²) in [6, 6.07) is 9.43. The Labute approximate surface area is 107 Å². The summed E-state index contributed by atoms with van der Waals surface area (Å²) in [5.74, 6) is 0. The van der Waals surface area contributed by atoms with Gasteiger partial charge in [0.25, 0.3) is 0 Å². The average Bonchev–Trinajstić information content (AvgIpc) is 2.38. The topological polar surface area (TPSA) is 85.0 Å². The molecule has 0 atom stereocenters. The van der Waals surface area contributed by atoms with Crippen molar-refractivity contribution < 1.29 is 8.42 Å². The van der Waals surface area contributed by atoms with Gasteiger partial charge in [-0.15, -0.1) is 0 Å². The number of hydrogen-bond donors (Lipinski definition) is 0. The van der Waals surface area contributed by atoms with Crippen molar-refractivity contribution in [3.05, 3.63) is 29.8 Å². The fraction of sp³-hybridized carbons (Fsp3) is 0.333. The summed E-state index contributed by atoms with van der Waals surface area (Å²) >= 11 is 0. The van der Waals surface area contributed by atoms with E-state index in [4.69, 9.17) is 10.5 Å². The van der Waals surface area contributed by atoms with Crippen molar-refractivity contribution in [2.75, 3.05) is 13.1 Å². The van der Waals surface area contributed by atoms with E-state index in [1.807, 2.05) is 19.1 Å². The Balaban J connectivity index is 3.11. The zero-order valence-electron chi connectivity index (χ0n) is 10.00. The molecule has 18 heavy (non-hydrogen) atoms. The summed E-state index contributed by atoms with van der Waals surface area (Å²) in [5.41, 5.74) is 0.399. The van der Waals surface area contributed by atoms with E-state index in [2.05, 4.69) is 0 Å². The molecule has 1 aromatic carbocycles. The molecule has 94 valence electrons. The highest BCUT2D eigenvalue weighted by Gasteiger charge is 2.23. The van der Waals surface area contributed by atoms with Crippen LogP contribution < -0.4 is 0 Å². The lowest BCUT2D eigenvalue weighted by Crippen LogP contribution is -2.32. The molecule has 0 aliphatic carbocycles. The fourth-order valence-corrected chi connectivity index (χ4v) is 2.89. The van der Waals surface area contributed by atoms with Gasteiger partial charge in [-0.2, -0.15) is 14.8 Å². The number of rotatable bonds is 5. The molecule has 0 fully saturated rings. The molecule has 0 spiro atoms. The van der Waals surface area contributed by atoms with E-state index in [1.165, 1.54) is 24.3 Å². The van der Waals surface area contributed by atoms with E-state index in [0.717, 1.165) is 4.31 Å². The van der Waals surface area contributed by atoms with Crippen molar-refractivity contribution in [3.63, 3.8) is 0 Å². The average molecular weight is 263 g/mol. The van der Waals surface area contributed by atoms with E-state index in [-0.39, 0.29) is 11.4 Å². The number of nitrogens with zero attached hydrogens (tertiary/aromatic N) is 3. The van der Waals surface area contributed by atoms with Crippen LogP contribution in [0.1, 0.15) is 18.9 Å². The summed E-state index contributed by atoms with van der Waals surface area (Å²) in [6.07, 6.45) is 0.636. The third-order valence-electron chi connectivity index (χ3n) is 2.34. The van der Waals surface area contributed by atoms with Crippen LogP contribution in [0.3, 0.4) is 0 Å². The van der Waals surface area contributed by atoms with Crippen molar-refractivity contribution in [1.82, 2.24) is 4.31 Å². The second kappa shape index (κ2) is 6.15. The Morgan fingerprint density at radius 1 is 1.22 bits per heavy atom. The lowest BCUT2D eigenvalue weighted by Gasteiger charge is -2.18. The summed E-state index contributed by atoms with van der Waals surface area (Å²) in [5, 5.41) is 17.3. The van der Waals surface area contributed by atoms with Crippen LogP contribution in [-0.4, -0.2) is 25.8 Å². The molecular weight excluding hydrogens is 250 g/mol. The van der Waals surface area contributed by atoms with Crippen LogP contribution in [0.5, 0.6) is 0 Å². The highest BCUT2D eigenvalue weighted by Crippen LogP contribution is 2.16. The van der Waals surface area contributed by atoms with Crippen LogP contribution in [0.25, 0.3) is 0 Å². The van der Waals surface area contributed by atoms with E-state index < -0.39 is 10.0 Å². The van der Waals surface area contributed by atoms with Gasteiger partial charge in [0, 0.05) is 6.54 Å². The third-order valence-corrected chi connectivity index (χ3v) is 4.20. The second-order valence-corrected chi connectivity index (χ2v) is 5.57. The van der Waals surface area contributed by atoms with E-state index in [9.17, 15) is 8.42 Å². The van der Waals surface area contributed by atoms with E-state index >= 15 is 0 Å². The van der Waals surface area contributed by atoms with Crippen LogP contribution >= 0.6 is 0 Å². The minimum atomic E-state index is -3.65. The molecule has 0 amide bonds. The SMILES string of the molecule is CCCN(CC#N)S(=O)(=O)c1ccc(C#N)cc1. The van der Waals surface area contributed by atoms with Crippen LogP contribution in [-0.2, 0) is 10.0 Å². The van der Waals surface area contributed by atoms with Crippen LogP contribution in [0.2, 0.25) is 0 Å². The zero-order chi connectivity index (χ0) is 13.6. The summed E-state index contributed by atoms with van der Waals surface area (Å²) < 4.78 is 25.5. The first-order valence-corrected chi connectivity index (χ1v) is 6.87. The molecule has 0 aliphatic rings. The quantitative estimate of drug-likeness (QED) is 0.753. The van der Waals surface area contributed by atoms with Gasteiger partial charge in [-0.05, 0) is 30.7 Å². The molecule has 0 aromatic heterocycles. The summed E-state index contributed by atoms with van der Waals surface area (Å²) in [7, 11) is -3.65.